The molecule has 0 aromatic carbocycles. The van der Waals surface area contributed by atoms with Crippen molar-refractivity contribution in [2.24, 2.45) is 0 Å². The molecule has 0 amide bonds. The number of rotatable bonds is 1. The fraction of sp³-hybridized carbons (Fsp3) is 0.308. The number of likely N-dealkylation sites (N-methyl/N-ethyl adjacent to an activating group) is 1. The Kier molecular flexibility index (Phi) is 2.36. The molecule has 0 fully saturated rings. The molecule has 0 N–H and O–H groups in total. The van der Waals surface area contributed by atoms with Crippen molar-refractivity contribution < 1.29 is 8.78 Å². The summed E-state index contributed by atoms with van der Waals surface area (Å²) in [5.74, 6) is -1.46. The van der Waals surface area contributed by atoms with Gasteiger partial charge in [0, 0.05) is 38.1 Å². The zero-order valence-electron chi connectivity index (χ0n) is 10.2. The van der Waals surface area contributed by atoms with Crippen LogP contribution in [0.3, 0.4) is 0 Å². The molecule has 3 heterocycles. The monoisotopic (exact) mass is 249 g/mol. The van der Waals surface area contributed by atoms with Gasteiger partial charge in [-0.2, -0.15) is 13.8 Å². The Bertz CT molecular complexity index is 564. The summed E-state index contributed by atoms with van der Waals surface area (Å²) in [6.07, 6.45) is 5.84. The van der Waals surface area contributed by atoms with Crippen LogP contribution in [0.4, 0.5) is 8.78 Å². The van der Waals surface area contributed by atoms with Crippen LogP contribution in [-0.2, 0) is 6.54 Å². The maximum atomic E-state index is 13.8. The lowest BCUT2D eigenvalue weighted by atomic mass is 10.0. The molecule has 1 aromatic heterocycles. The molecule has 0 saturated carbocycles. The highest BCUT2D eigenvalue weighted by atomic mass is 19.1. The molecule has 3 nitrogen and oxygen atoms in total. The SMILES string of the molecule is CN(C)C1=CC2c3c(cc(F)nc3F)CN2C=C1. The molecule has 5 heteroatoms. The van der Waals surface area contributed by atoms with Crippen LogP contribution in [0.2, 0.25) is 0 Å². The van der Waals surface area contributed by atoms with Gasteiger partial charge in [0.25, 0.3) is 0 Å². The molecule has 1 unspecified atom stereocenters. The second-order valence-corrected chi connectivity index (χ2v) is 4.73. The first-order valence-electron chi connectivity index (χ1n) is 5.74. The second kappa shape index (κ2) is 3.80. The lowest BCUT2D eigenvalue weighted by molar-refractivity contribution is 0.333. The average Bonchev–Trinajstić information content (AvgIpc) is 2.65. The van der Waals surface area contributed by atoms with Crippen LogP contribution < -0.4 is 0 Å². The van der Waals surface area contributed by atoms with E-state index in [9.17, 15) is 8.78 Å². The number of fused-ring (bicyclic) bond motifs is 3. The number of aromatic nitrogens is 1. The smallest absolute Gasteiger partial charge is 0.221 e. The zero-order chi connectivity index (χ0) is 12.9. The molecule has 2 aliphatic rings. The molecule has 3 rings (SSSR count). The molecule has 0 bridgehead atoms. The standard InChI is InChI=1S/C13H13F2N3/c1-17(2)9-3-4-18-7-8-5-11(14)16-13(15)12(8)10(18)6-9/h3-6,10H,7H2,1-2H3. The summed E-state index contributed by atoms with van der Waals surface area (Å²) in [4.78, 5) is 7.21. The Morgan fingerprint density at radius 3 is 2.89 bits per heavy atom. The number of halogens is 2. The van der Waals surface area contributed by atoms with Crippen LogP contribution in [0.25, 0.3) is 0 Å². The zero-order valence-corrected chi connectivity index (χ0v) is 10.2. The highest BCUT2D eigenvalue weighted by Gasteiger charge is 2.33. The van der Waals surface area contributed by atoms with Gasteiger partial charge in [-0.1, -0.05) is 0 Å². The molecule has 0 saturated heterocycles. The Labute approximate surface area is 104 Å². The van der Waals surface area contributed by atoms with Gasteiger partial charge in [0.15, 0.2) is 0 Å². The van der Waals surface area contributed by atoms with E-state index in [1.165, 1.54) is 6.07 Å². The molecular formula is C13H13F2N3. The van der Waals surface area contributed by atoms with Crippen molar-refractivity contribution >= 4 is 0 Å². The molecule has 0 radical (unpaired) electrons. The lowest BCUT2D eigenvalue weighted by Gasteiger charge is -2.27. The van der Waals surface area contributed by atoms with E-state index in [-0.39, 0.29) is 6.04 Å². The van der Waals surface area contributed by atoms with Gasteiger partial charge in [-0.15, -0.1) is 0 Å². The van der Waals surface area contributed by atoms with E-state index in [1.807, 2.05) is 42.2 Å². The van der Waals surface area contributed by atoms with Crippen molar-refractivity contribution in [2.45, 2.75) is 12.6 Å². The maximum Gasteiger partial charge on any atom is 0.221 e. The highest BCUT2D eigenvalue weighted by Crippen LogP contribution is 2.39. The van der Waals surface area contributed by atoms with E-state index in [0.717, 1.165) is 5.70 Å². The van der Waals surface area contributed by atoms with Crippen LogP contribution in [0, 0.1) is 11.9 Å². The first-order chi connectivity index (χ1) is 8.56. The minimum atomic E-state index is -0.758. The maximum absolute atomic E-state index is 13.8. The van der Waals surface area contributed by atoms with E-state index in [1.54, 1.807) is 0 Å². The third kappa shape index (κ3) is 1.58. The average molecular weight is 249 g/mol. The third-order valence-corrected chi connectivity index (χ3v) is 3.35. The summed E-state index contributed by atoms with van der Waals surface area (Å²) >= 11 is 0. The fourth-order valence-electron chi connectivity index (χ4n) is 2.46. The molecular weight excluding hydrogens is 236 g/mol. The number of allylic oxidation sites excluding steroid dienone is 1. The Morgan fingerprint density at radius 1 is 1.39 bits per heavy atom. The van der Waals surface area contributed by atoms with Crippen LogP contribution >= 0.6 is 0 Å². The highest BCUT2D eigenvalue weighted by molar-refractivity contribution is 5.40. The van der Waals surface area contributed by atoms with E-state index in [2.05, 4.69) is 4.98 Å². The largest absolute Gasteiger partial charge is 0.378 e. The Balaban J connectivity index is 2.08. The number of pyridine rings is 1. The summed E-state index contributed by atoms with van der Waals surface area (Å²) in [6, 6.07) is 1.13. The van der Waals surface area contributed by atoms with Crippen LogP contribution in [0.15, 0.2) is 30.1 Å². The molecule has 1 atom stereocenters. The molecule has 0 aliphatic carbocycles. The van der Waals surface area contributed by atoms with E-state index >= 15 is 0 Å². The number of hydrogen-bond acceptors (Lipinski definition) is 3. The molecule has 0 spiro atoms. The third-order valence-electron chi connectivity index (χ3n) is 3.35. The number of hydrogen-bond donors (Lipinski definition) is 0. The van der Waals surface area contributed by atoms with Gasteiger partial charge in [-0.05, 0) is 23.8 Å². The molecule has 94 valence electrons. The Morgan fingerprint density at radius 2 is 2.17 bits per heavy atom. The van der Waals surface area contributed by atoms with Crippen molar-refractivity contribution in [3.8, 4) is 0 Å². The topological polar surface area (TPSA) is 19.4 Å². The minimum absolute atomic E-state index is 0.185. The van der Waals surface area contributed by atoms with Gasteiger partial charge in [0.2, 0.25) is 11.9 Å². The summed E-state index contributed by atoms with van der Waals surface area (Å²) in [7, 11) is 3.86. The quantitative estimate of drug-likeness (QED) is 0.711. The normalized spacial score (nSPS) is 20.6. The van der Waals surface area contributed by atoms with Gasteiger partial charge in [0.1, 0.15) is 0 Å². The van der Waals surface area contributed by atoms with Gasteiger partial charge in [-0.3, -0.25) is 0 Å². The first-order valence-corrected chi connectivity index (χ1v) is 5.74. The summed E-state index contributed by atoms with van der Waals surface area (Å²) in [6.45, 7) is 0.518. The number of nitrogens with zero attached hydrogens (tertiary/aromatic N) is 3. The lowest BCUT2D eigenvalue weighted by Crippen LogP contribution is -2.21. The van der Waals surface area contributed by atoms with Crippen LogP contribution in [0.5, 0.6) is 0 Å². The predicted octanol–water partition coefficient (Wildman–Crippen LogP) is 2.19. The van der Waals surface area contributed by atoms with Gasteiger partial charge in [-0.25, -0.2) is 0 Å². The van der Waals surface area contributed by atoms with E-state index < -0.39 is 11.9 Å². The van der Waals surface area contributed by atoms with Crippen molar-refractivity contribution in [1.82, 2.24) is 14.8 Å². The van der Waals surface area contributed by atoms with Gasteiger partial charge in [0.05, 0.1) is 6.04 Å². The van der Waals surface area contributed by atoms with Gasteiger partial charge >= 0.3 is 0 Å². The van der Waals surface area contributed by atoms with Crippen molar-refractivity contribution in [3.63, 3.8) is 0 Å². The fourth-order valence-corrected chi connectivity index (χ4v) is 2.46. The molecule has 18 heavy (non-hydrogen) atoms. The van der Waals surface area contributed by atoms with Crippen molar-refractivity contribution in [3.05, 3.63) is 53.1 Å². The van der Waals surface area contributed by atoms with Crippen molar-refractivity contribution in [2.75, 3.05) is 14.1 Å². The van der Waals surface area contributed by atoms with Crippen molar-refractivity contribution in [1.29, 1.82) is 0 Å². The summed E-state index contributed by atoms with van der Waals surface area (Å²) in [5.41, 5.74) is 2.17. The van der Waals surface area contributed by atoms with E-state index in [0.29, 0.717) is 17.7 Å². The Hall–Kier alpha value is -1.91. The van der Waals surface area contributed by atoms with Crippen LogP contribution in [-0.4, -0.2) is 28.9 Å². The summed E-state index contributed by atoms with van der Waals surface area (Å²) < 4.78 is 26.9. The second-order valence-electron chi connectivity index (χ2n) is 4.73. The minimum Gasteiger partial charge on any atom is -0.378 e. The summed E-state index contributed by atoms with van der Waals surface area (Å²) in [5, 5.41) is 0. The molecule has 2 aliphatic heterocycles. The van der Waals surface area contributed by atoms with Crippen LogP contribution in [0.1, 0.15) is 17.2 Å². The first kappa shape index (κ1) is 11.2. The molecule has 1 aromatic rings. The predicted molar refractivity (Wildman–Crippen MR) is 63.3 cm³/mol. The van der Waals surface area contributed by atoms with Gasteiger partial charge < -0.3 is 9.80 Å². The van der Waals surface area contributed by atoms with E-state index in [4.69, 9.17) is 0 Å².